The number of hydrogen-bond acceptors (Lipinski definition) is 10. The third-order valence-corrected chi connectivity index (χ3v) is 5.07. The first-order valence-electron chi connectivity index (χ1n) is 8.47. The van der Waals surface area contributed by atoms with Crippen molar-refractivity contribution in [3.63, 3.8) is 0 Å². The molecule has 148 valence electrons. The third kappa shape index (κ3) is 3.51. The zero-order chi connectivity index (χ0) is 19.0. The van der Waals surface area contributed by atoms with Crippen molar-refractivity contribution in [2.45, 2.75) is 49.8 Å². The van der Waals surface area contributed by atoms with Crippen LogP contribution in [0.5, 0.6) is 0 Å². The molecule has 0 spiro atoms. The van der Waals surface area contributed by atoms with E-state index in [9.17, 15) is 30.3 Å². The Morgan fingerprint density at radius 3 is 2.58 bits per heavy atom. The van der Waals surface area contributed by atoms with Crippen LogP contribution in [-0.4, -0.2) is 101 Å². The molecule has 0 aromatic carbocycles. The summed E-state index contributed by atoms with van der Waals surface area (Å²) in [5, 5.41) is 49.1. The summed E-state index contributed by atoms with van der Waals surface area (Å²) < 4.78 is 21.3. The van der Waals surface area contributed by atoms with Crippen LogP contribution >= 0.6 is 0 Å². The number of esters is 1. The van der Waals surface area contributed by atoms with Gasteiger partial charge >= 0.3 is 5.97 Å². The molecule has 0 saturated carbocycles. The Morgan fingerprint density at radius 1 is 1.15 bits per heavy atom. The van der Waals surface area contributed by atoms with Crippen LogP contribution in [0.15, 0.2) is 11.1 Å². The van der Waals surface area contributed by atoms with Crippen molar-refractivity contribution in [3.8, 4) is 0 Å². The van der Waals surface area contributed by atoms with Gasteiger partial charge in [0.25, 0.3) is 0 Å². The van der Waals surface area contributed by atoms with E-state index in [1.165, 1.54) is 0 Å². The molecule has 10 nitrogen and oxygen atoms in total. The number of aliphatic hydroxyl groups excluding tert-OH is 5. The fourth-order valence-electron chi connectivity index (χ4n) is 3.48. The highest BCUT2D eigenvalue weighted by Crippen LogP contribution is 2.34. The zero-order valence-electron chi connectivity index (χ0n) is 14.2. The first-order chi connectivity index (χ1) is 12.3. The lowest BCUT2D eigenvalue weighted by atomic mass is 9.84. The summed E-state index contributed by atoms with van der Waals surface area (Å²) in [5.41, 5.74) is 0.730. The standard InChI is InChI=1S/C16H24O10/c1-6-7(11-8(4-23-6)15(22)24-5-9(11)18)3-25-16-14(21)13(20)12(19)10(2-17)26-16/h6-7,9-10,12-14,16-21H,2-5H2,1H3/t6-,7-,9+,10-,12-,13+,14-,16-/m1/s1. The molecule has 3 aliphatic rings. The summed E-state index contributed by atoms with van der Waals surface area (Å²) >= 11 is 0. The Hall–Kier alpha value is -1.11. The summed E-state index contributed by atoms with van der Waals surface area (Å²) in [6, 6.07) is 0. The van der Waals surface area contributed by atoms with E-state index >= 15 is 0 Å². The van der Waals surface area contributed by atoms with Crippen LogP contribution < -0.4 is 0 Å². The van der Waals surface area contributed by atoms with E-state index in [1.54, 1.807) is 6.92 Å². The molecular weight excluding hydrogens is 352 g/mol. The molecule has 3 aliphatic heterocycles. The minimum Gasteiger partial charge on any atom is -0.459 e. The molecule has 1 fully saturated rings. The fourth-order valence-corrected chi connectivity index (χ4v) is 3.48. The van der Waals surface area contributed by atoms with Crippen LogP contribution in [-0.2, 0) is 23.7 Å². The van der Waals surface area contributed by atoms with Crippen LogP contribution in [0.4, 0.5) is 0 Å². The molecule has 0 aromatic heterocycles. The highest BCUT2D eigenvalue weighted by atomic mass is 16.7. The molecule has 8 atom stereocenters. The lowest BCUT2D eigenvalue weighted by Gasteiger charge is -2.41. The SMILES string of the molecule is C[C@H]1OCC2=C([C@@H](O)COC2=O)[C@@H]1CO[C@@H]1O[C@H](CO)[C@@H](O)[C@H](O)[C@H]1O. The first-order valence-corrected chi connectivity index (χ1v) is 8.47. The van der Waals surface area contributed by atoms with E-state index in [-0.39, 0.29) is 31.5 Å². The number of carbonyl (C=O) groups is 1. The summed E-state index contributed by atoms with van der Waals surface area (Å²) in [5.74, 6) is -1.04. The van der Waals surface area contributed by atoms with Crippen LogP contribution in [0.1, 0.15) is 6.92 Å². The Labute approximate surface area is 149 Å². The largest absolute Gasteiger partial charge is 0.459 e. The number of carbonyl (C=O) groups excluding carboxylic acids is 1. The quantitative estimate of drug-likeness (QED) is 0.322. The average molecular weight is 376 g/mol. The number of cyclic esters (lactones) is 1. The molecule has 0 bridgehead atoms. The van der Waals surface area contributed by atoms with Crippen molar-refractivity contribution in [1.29, 1.82) is 0 Å². The predicted molar refractivity (Wildman–Crippen MR) is 82.6 cm³/mol. The van der Waals surface area contributed by atoms with E-state index in [0.717, 1.165) is 0 Å². The Bertz CT molecular complexity index is 561. The van der Waals surface area contributed by atoms with E-state index < -0.39 is 55.3 Å². The smallest absolute Gasteiger partial charge is 0.336 e. The number of hydrogen-bond donors (Lipinski definition) is 5. The Balaban J connectivity index is 1.73. The molecule has 3 heterocycles. The number of rotatable bonds is 4. The van der Waals surface area contributed by atoms with E-state index in [2.05, 4.69) is 0 Å². The van der Waals surface area contributed by atoms with E-state index in [0.29, 0.717) is 5.57 Å². The molecule has 26 heavy (non-hydrogen) atoms. The van der Waals surface area contributed by atoms with Crippen molar-refractivity contribution < 1.29 is 49.3 Å². The lowest BCUT2D eigenvalue weighted by Crippen LogP contribution is -2.59. The van der Waals surface area contributed by atoms with Crippen molar-refractivity contribution in [2.75, 3.05) is 26.4 Å². The second kappa shape index (κ2) is 7.87. The highest BCUT2D eigenvalue weighted by molar-refractivity contribution is 5.91. The molecule has 3 rings (SSSR count). The maximum absolute atomic E-state index is 11.9. The lowest BCUT2D eigenvalue weighted by molar-refractivity contribution is -0.304. The van der Waals surface area contributed by atoms with Gasteiger partial charge in [-0.1, -0.05) is 0 Å². The monoisotopic (exact) mass is 376 g/mol. The van der Waals surface area contributed by atoms with Gasteiger partial charge in [0.15, 0.2) is 6.29 Å². The van der Waals surface area contributed by atoms with Gasteiger partial charge in [-0.15, -0.1) is 0 Å². The second-order valence-electron chi connectivity index (χ2n) is 6.70. The molecular formula is C16H24O10. The Morgan fingerprint density at radius 2 is 1.88 bits per heavy atom. The summed E-state index contributed by atoms with van der Waals surface area (Å²) in [4.78, 5) is 11.9. The topological polar surface area (TPSA) is 155 Å². The fraction of sp³-hybridized carbons (Fsp3) is 0.812. The highest BCUT2D eigenvalue weighted by Gasteiger charge is 2.45. The van der Waals surface area contributed by atoms with Crippen molar-refractivity contribution in [1.82, 2.24) is 0 Å². The van der Waals surface area contributed by atoms with Gasteiger partial charge in [0.2, 0.25) is 0 Å². The summed E-state index contributed by atoms with van der Waals surface area (Å²) in [7, 11) is 0. The van der Waals surface area contributed by atoms with Gasteiger partial charge in [-0.05, 0) is 12.5 Å². The van der Waals surface area contributed by atoms with E-state index in [1.807, 2.05) is 0 Å². The van der Waals surface area contributed by atoms with Crippen LogP contribution in [0, 0.1) is 5.92 Å². The molecule has 10 heteroatoms. The summed E-state index contributed by atoms with van der Waals surface area (Å²) in [6.45, 7) is 1.00. The molecule has 0 amide bonds. The summed E-state index contributed by atoms with van der Waals surface area (Å²) in [6.07, 6.45) is -8.27. The van der Waals surface area contributed by atoms with Gasteiger partial charge < -0.3 is 44.5 Å². The molecule has 1 saturated heterocycles. The van der Waals surface area contributed by atoms with Gasteiger partial charge in [0.1, 0.15) is 37.1 Å². The van der Waals surface area contributed by atoms with Gasteiger partial charge in [0.05, 0.1) is 31.5 Å². The van der Waals surface area contributed by atoms with Crippen molar-refractivity contribution in [2.24, 2.45) is 5.92 Å². The minimum absolute atomic E-state index is 0.0307. The molecule has 5 N–H and O–H groups in total. The first kappa shape index (κ1) is 19.6. The zero-order valence-corrected chi connectivity index (χ0v) is 14.2. The maximum atomic E-state index is 11.9. The predicted octanol–water partition coefficient (Wildman–Crippen LogP) is -2.95. The number of aliphatic hydroxyl groups is 5. The Kier molecular flexibility index (Phi) is 5.94. The van der Waals surface area contributed by atoms with Gasteiger partial charge in [-0.2, -0.15) is 0 Å². The van der Waals surface area contributed by atoms with Gasteiger partial charge in [0, 0.05) is 5.92 Å². The van der Waals surface area contributed by atoms with E-state index in [4.69, 9.17) is 18.9 Å². The van der Waals surface area contributed by atoms with Crippen molar-refractivity contribution in [3.05, 3.63) is 11.1 Å². The number of ether oxygens (including phenoxy) is 4. The van der Waals surface area contributed by atoms with Crippen molar-refractivity contribution >= 4 is 5.97 Å². The van der Waals surface area contributed by atoms with Crippen LogP contribution in [0.3, 0.4) is 0 Å². The normalized spacial score (nSPS) is 43.8. The van der Waals surface area contributed by atoms with Gasteiger partial charge in [-0.3, -0.25) is 0 Å². The maximum Gasteiger partial charge on any atom is 0.336 e. The molecule has 0 unspecified atom stereocenters. The molecule has 0 aliphatic carbocycles. The molecule has 0 radical (unpaired) electrons. The second-order valence-corrected chi connectivity index (χ2v) is 6.70. The van der Waals surface area contributed by atoms with Crippen LogP contribution in [0.2, 0.25) is 0 Å². The average Bonchev–Trinajstić information content (AvgIpc) is 2.63. The third-order valence-electron chi connectivity index (χ3n) is 5.07. The molecule has 0 aromatic rings. The van der Waals surface area contributed by atoms with Gasteiger partial charge in [-0.25, -0.2) is 4.79 Å². The minimum atomic E-state index is -1.55. The van der Waals surface area contributed by atoms with Crippen LogP contribution in [0.25, 0.3) is 0 Å².